The van der Waals surface area contributed by atoms with Crippen molar-refractivity contribution in [2.75, 3.05) is 13.2 Å². The van der Waals surface area contributed by atoms with Crippen molar-refractivity contribution < 1.29 is 24.1 Å². The largest absolute Gasteiger partial charge is 0.490 e. The molecule has 0 fully saturated rings. The van der Waals surface area contributed by atoms with Gasteiger partial charge in [-0.25, -0.2) is 9.48 Å². The van der Waals surface area contributed by atoms with E-state index in [1.54, 1.807) is 17.7 Å². The van der Waals surface area contributed by atoms with Crippen LogP contribution in [0.15, 0.2) is 53.9 Å². The van der Waals surface area contributed by atoms with Gasteiger partial charge in [-0.15, -0.1) is 0 Å². The number of nitriles is 1. The van der Waals surface area contributed by atoms with Crippen LogP contribution in [0, 0.1) is 18.3 Å². The second kappa shape index (κ2) is 9.37. The number of para-hydroxylation sites is 1. The SMILES string of the molecule is CCOc1cc(C2C(C#N)=C(N)Oc3c2c(C)nn3-c2ccccc2)c(Cl)cc1OCC(=O)O. The highest BCUT2D eigenvalue weighted by Crippen LogP contribution is 2.48. The number of carboxylic acids is 1. The standard InChI is InChI=1S/C24H21ClN4O5/c1-3-32-18-9-15(17(25)10-19(18)33-12-20(30)31)22-16(11-26)23(27)34-24-21(22)13(2)28-29(24)14-7-5-4-6-8-14/h4-10,22H,3,12,27H2,1-2H3,(H,30,31). The van der Waals surface area contributed by atoms with E-state index in [0.29, 0.717) is 35.1 Å². The summed E-state index contributed by atoms with van der Waals surface area (Å²) in [4.78, 5) is 11.0. The van der Waals surface area contributed by atoms with Gasteiger partial charge in [-0.2, -0.15) is 10.4 Å². The minimum atomic E-state index is -1.14. The molecule has 0 bridgehead atoms. The normalized spacial score (nSPS) is 14.7. The van der Waals surface area contributed by atoms with Crippen molar-refractivity contribution in [1.82, 2.24) is 9.78 Å². The van der Waals surface area contributed by atoms with Gasteiger partial charge in [0.15, 0.2) is 18.1 Å². The number of hydrogen-bond donors (Lipinski definition) is 2. The number of benzene rings is 2. The van der Waals surface area contributed by atoms with Gasteiger partial charge in [0.05, 0.1) is 29.5 Å². The number of nitrogens with two attached hydrogens (primary N) is 1. The number of carboxylic acid groups (broad SMARTS) is 1. The molecule has 0 saturated heterocycles. The first-order valence-electron chi connectivity index (χ1n) is 10.4. The van der Waals surface area contributed by atoms with Gasteiger partial charge in [0, 0.05) is 11.1 Å². The maximum Gasteiger partial charge on any atom is 0.341 e. The van der Waals surface area contributed by atoms with Crippen LogP contribution in [0.5, 0.6) is 17.4 Å². The van der Waals surface area contributed by atoms with Gasteiger partial charge in [0.2, 0.25) is 11.8 Å². The molecule has 0 amide bonds. The molecule has 1 aliphatic heterocycles. The van der Waals surface area contributed by atoms with Crippen LogP contribution >= 0.6 is 11.6 Å². The summed E-state index contributed by atoms with van der Waals surface area (Å²) < 4.78 is 18.5. The lowest BCUT2D eigenvalue weighted by molar-refractivity contribution is -0.139. The Hall–Kier alpha value is -4.16. The first-order valence-corrected chi connectivity index (χ1v) is 10.8. The number of fused-ring (bicyclic) bond motifs is 1. The van der Waals surface area contributed by atoms with Crippen LogP contribution in [0.25, 0.3) is 5.69 Å². The smallest absolute Gasteiger partial charge is 0.341 e. The van der Waals surface area contributed by atoms with E-state index in [0.717, 1.165) is 5.69 Å². The van der Waals surface area contributed by atoms with Gasteiger partial charge in [0.1, 0.15) is 11.6 Å². The molecule has 0 aliphatic carbocycles. The van der Waals surface area contributed by atoms with Crippen molar-refractivity contribution in [3.05, 3.63) is 75.8 Å². The Bertz CT molecular complexity index is 1330. The number of ether oxygens (including phenoxy) is 3. The highest BCUT2D eigenvalue weighted by molar-refractivity contribution is 6.31. The molecule has 2 aromatic carbocycles. The number of halogens is 1. The Kier molecular flexibility index (Phi) is 6.34. The van der Waals surface area contributed by atoms with Gasteiger partial charge in [-0.1, -0.05) is 29.8 Å². The zero-order chi connectivity index (χ0) is 24.4. The summed E-state index contributed by atoms with van der Waals surface area (Å²) in [5.74, 6) is -1.03. The average molecular weight is 481 g/mol. The summed E-state index contributed by atoms with van der Waals surface area (Å²) in [5, 5.41) is 23.8. The molecular formula is C24H21ClN4O5. The van der Waals surface area contributed by atoms with Crippen LogP contribution in [0.4, 0.5) is 0 Å². The number of aryl methyl sites for hydroxylation is 1. The van der Waals surface area contributed by atoms with E-state index in [-0.39, 0.29) is 22.2 Å². The molecule has 10 heteroatoms. The van der Waals surface area contributed by atoms with Crippen LogP contribution in [0.3, 0.4) is 0 Å². The molecule has 1 aromatic heterocycles. The number of aromatic nitrogens is 2. The molecule has 9 nitrogen and oxygen atoms in total. The molecule has 174 valence electrons. The van der Waals surface area contributed by atoms with Crippen molar-refractivity contribution in [3.8, 4) is 29.1 Å². The third kappa shape index (κ3) is 4.11. The number of rotatable bonds is 7. The Balaban J connectivity index is 1.91. The molecule has 1 unspecified atom stereocenters. The van der Waals surface area contributed by atoms with Crippen LogP contribution in [-0.2, 0) is 4.79 Å². The Morgan fingerprint density at radius 1 is 1.29 bits per heavy atom. The molecular weight excluding hydrogens is 460 g/mol. The summed E-state index contributed by atoms with van der Waals surface area (Å²) >= 11 is 6.64. The molecule has 0 saturated carbocycles. The number of aliphatic carboxylic acids is 1. The number of hydrogen-bond acceptors (Lipinski definition) is 7. The van der Waals surface area contributed by atoms with Crippen molar-refractivity contribution in [3.63, 3.8) is 0 Å². The summed E-state index contributed by atoms with van der Waals surface area (Å²) in [6.07, 6.45) is 0. The van der Waals surface area contributed by atoms with E-state index in [2.05, 4.69) is 11.2 Å². The highest BCUT2D eigenvalue weighted by Gasteiger charge is 2.37. The molecule has 34 heavy (non-hydrogen) atoms. The molecule has 0 radical (unpaired) electrons. The lowest BCUT2D eigenvalue weighted by Crippen LogP contribution is -2.22. The lowest BCUT2D eigenvalue weighted by Gasteiger charge is -2.26. The zero-order valence-corrected chi connectivity index (χ0v) is 19.2. The number of carbonyl (C=O) groups is 1. The van der Waals surface area contributed by atoms with E-state index in [1.165, 1.54) is 6.07 Å². The number of nitrogens with zero attached hydrogens (tertiary/aromatic N) is 3. The number of allylic oxidation sites excluding steroid dienone is 1. The summed E-state index contributed by atoms with van der Waals surface area (Å²) in [5.41, 5.74) is 8.90. The monoisotopic (exact) mass is 480 g/mol. The molecule has 0 spiro atoms. The fourth-order valence-corrected chi connectivity index (χ4v) is 4.12. The van der Waals surface area contributed by atoms with Gasteiger partial charge in [0.25, 0.3) is 0 Å². The Labute approximate surface area is 200 Å². The summed E-state index contributed by atoms with van der Waals surface area (Å²) in [7, 11) is 0. The third-order valence-electron chi connectivity index (χ3n) is 5.26. The van der Waals surface area contributed by atoms with Gasteiger partial charge in [-0.3, -0.25) is 0 Å². The molecule has 3 N–H and O–H groups in total. The highest BCUT2D eigenvalue weighted by atomic mass is 35.5. The van der Waals surface area contributed by atoms with Crippen molar-refractivity contribution in [2.45, 2.75) is 19.8 Å². The fraction of sp³-hybridized carbons (Fsp3) is 0.208. The topological polar surface area (TPSA) is 133 Å². The van der Waals surface area contributed by atoms with Gasteiger partial charge in [-0.05, 0) is 37.6 Å². The van der Waals surface area contributed by atoms with Gasteiger partial charge < -0.3 is 25.1 Å². The predicted octanol–water partition coefficient (Wildman–Crippen LogP) is 3.91. The lowest BCUT2D eigenvalue weighted by atomic mass is 9.84. The summed E-state index contributed by atoms with van der Waals surface area (Å²) in [6, 6.07) is 14.6. The zero-order valence-electron chi connectivity index (χ0n) is 18.4. The minimum absolute atomic E-state index is 0.0580. The molecule has 1 aliphatic rings. The van der Waals surface area contributed by atoms with E-state index < -0.39 is 18.5 Å². The van der Waals surface area contributed by atoms with E-state index in [9.17, 15) is 10.1 Å². The van der Waals surface area contributed by atoms with E-state index >= 15 is 0 Å². The van der Waals surface area contributed by atoms with Crippen LogP contribution in [0.2, 0.25) is 5.02 Å². The van der Waals surface area contributed by atoms with Crippen LogP contribution in [-0.4, -0.2) is 34.1 Å². The Morgan fingerprint density at radius 3 is 2.65 bits per heavy atom. The van der Waals surface area contributed by atoms with Crippen molar-refractivity contribution in [1.29, 1.82) is 5.26 Å². The predicted molar refractivity (Wildman–Crippen MR) is 123 cm³/mol. The Morgan fingerprint density at radius 2 is 2.00 bits per heavy atom. The first kappa shape index (κ1) is 23.0. The maximum atomic E-state index is 11.0. The summed E-state index contributed by atoms with van der Waals surface area (Å²) in [6.45, 7) is 3.34. The average Bonchev–Trinajstić information content (AvgIpc) is 3.14. The molecule has 1 atom stereocenters. The second-order valence-electron chi connectivity index (χ2n) is 7.41. The van der Waals surface area contributed by atoms with E-state index in [4.69, 9.17) is 36.7 Å². The second-order valence-corrected chi connectivity index (χ2v) is 7.82. The molecule has 3 aromatic rings. The minimum Gasteiger partial charge on any atom is -0.490 e. The van der Waals surface area contributed by atoms with Crippen molar-refractivity contribution >= 4 is 17.6 Å². The molecule has 2 heterocycles. The van der Waals surface area contributed by atoms with Crippen LogP contribution in [0.1, 0.15) is 29.7 Å². The van der Waals surface area contributed by atoms with Crippen LogP contribution < -0.4 is 19.9 Å². The fourth-order valence-electron chi connectivity index (χ4n) is 3.86. The third-order valence-corrected chi connectivity index (χ3v) is 5.59. The molecule has 4 rings (SSSR count). The van der Waals surface area contributed by atoms with Gasteiger partial charge >= 0.3 is 5.97 Å². The first-order chi connectivity index (χ1) is 16.3. The van der Waals surface area contributed by atoms with E-state index in [1.807, 2.05) is 37.3 Å². The quantitative estimate of drug-likeness (QED) is 0.520. The maximum absolute atomic E-state index is 11.0. The van der Waals surface area contributed by atoms with Crippen molar-refractivity contribution in [2.24, 2.45) is 5.73 Å².